The van der Waals surface area contributed by atoms with Crippen LogP contribution < -0.4 is 5.32 Å². The lowest BCUT2D eigenvalue weighted by molar-refractivity contribution is -0.385. The third-order valence-electron chi connectivity index (χ3n) is 2.71. The van der Waals surface area contributed by atoms with Crippen LogP contribution in [0, 0.1) is 27.4 Å². The van der Waals surface area contributed by atoms with Crippen LogP contribution in [0.25, 0.3) is 0 Å². The molecule has 0 saturated carbocycles. The molecule has 0 amide bonds. The van der Waals surface area contributed by atoms with Gasteiger partial charge in [-0.15, -0.1) is 0 Å². The Bertz CT molecular complexity index is 565. The largest absolute Gasteiger partial charge is 0.481 e. The number of pyridine rings is 1. The number of nitrogens with zero attached hydrogens (tertiary/aromatic N) is 3. The summed E-state index contributed by atoms with van der Waals surface area (Å²) < 4.78 is 0. The van der Waals surface area contributed by atoms with Gasteiger partial charge >= 0.3 is 11.7 Å². The lowest BCUT2D eigenvalue weighted by Gasteiger charge is -2.21. The zero-order valence-corrected chi connectivity index (χ0v) is 11.0. The summed E-state index contributed by atoms with van der Waals surface area (Å²) in [5.41, 5.74) is -0.685. The van der Waals surface area contributed by atoms with Crippen molar-refractivity contribution in [3.05, 3.63) is 27.9 Å². The Hall–Kier alpha value is -2.69. The molecule has 1 aromatic rings. The van der Waals surface area contributed by atoms with E-state index < -0.39 is 10.9 Å². The van der Waals surface area contributed by atoms with Gasteiger partial charge in [-0.3, -0.25) is 14.9 Å². The molecule has 0 aromatic carbocycles. The molecule has 1 unspecified atom stereocenters. The molecule has 1 aromatic heterocycles. The second-order valence-electron chi connectivity index (χ2n) is 4.53. The Morgan fingerprint density at radius 2 is 2.25 bits per heavy atom. The van der Waals surface area contributed by atoms with Crippen LogP contribution in [0.2, 0.25) is 0 Å². The van der Waals surface area contributed by atoms with Crippen molar-refractivity contribution in [2.45, 2.75) is 26.3 Å². The molecule has 8 heteroatoms. The molecule has 1 atom stereocenters. The maximum Gasteiger partial charge on any atom is 0.305 e. The van der Waals surface area contributed by atoms with Gasteiger partial charge in [0, 0.05) is 12.1 Å². The van der Waals surface area contributed by atoms with Gasteiger partial charge in [0.1, 0.15) is 11.9 Å². The smallest absolute Gasteiger partial charge is 0.305 e. The average Bonchev–Trinajstić information content (AvgIpc) is 2.36. The molecule has 2 N–H and O–H groups in total. The molecule has 0 fully saturated rings. The van der Waals surface area contributed by atoms with E-state index in [1.54, 1.807) is 6.07 Å². The number of aromatic nitrogens is 1. The summed E-state index contributed by atoms with van der Waals surface area (Å²) in [6.07, 6.45) is -0.113. The number of carbonyl (C=O) groups is 1. The number of hydrogen-bond donors (Lipinski definition) is 2. The second-order valence-corrected chi connectivity index (χ2v) is 4.53. The topological polar surface area (TPSA) is 129 Å². The van der Waals surface area contributed by atoms with E-state index in [0.29, 0.717) is 0 Å². The van der Waals surface area contributed by atoms with Gasteiger partial charge in [-0.1, -0.05) is 13.8 Å². The van der Waals surface area contributed by atoms with Gasteiger partial charge in [0.15, 0.2) is 0 Å². The standard InChI is InChI=1S/C12H14N4O4/c1-7(2)8(5-12(17)18)14-11-4-3-10(16(19)20)9(6-13)15-11/h3-4,7-8H,5H2,1-2H3,(H,14,15)(H,17,18). The first-order chi connectivity index (χ1) is 9.35. The minimum absolute atomic E-state index is 0.0219. The van der Waals surface area contributed by atoms with E-state index in [-0.39, 0.29) is 35.6 Å². The van der Waals surface area contributed by atoms with Crippen molar-refractivity contribution in [1.82, 2.24) is 4.98 Å². The van der Waals surface area contributed by atoms with E-state index in [1.807, 2.05) is 13.8 Å². The van der Waals surface area contributed by atoms with Gasteiger partial charge in [0.2, 0.25) is 5.69 Å². The van der Waals surface area contributed by atoms with Crippen LogP contribution in [-0.2, 0) is 4.79 Å². The first-order valence-electron chi connectivity index (χ1n) is 5.89. The van der Waals surface area contributed by atoms with Gasteiger partial charge in [-0.2, -0.15) is 5.26 Å². The van der Waals surface area contributed by atoms with Crippen molar-refractivity contribution in [3.8, 4) is 6.07 Å². The average molecular weight is 278 g/mol. The Morgan fingerprint density at radius 3 is 2.70 bits per heavy atom. The summed E-state index contributed by atoms with van der Waals surface area (Å²) >= 11 is 0. The molecule has 1 rings (SSSR count). The summed E-state index contributed by atoms with van der Waals surface area (Å²) in [7, 11) is 0. The van der Waals surface area contributed by atoms with E-state index in [0.717, 1.165) is 0 Å². The summed E-state index contributed by atoms with van der Waals surface area (Å²) in [6.45, 7) is 3.69. The first-order valence-corrected chi connectivity index (χ1v) is 5.89. The van der Waals surface area contributed by atoms with Crippen LogP contribution >= 0.6 is 0 Å². The van der Waals surface area contributed by atoms with Gasteiger partial charge in [0.05, 0.1) is 11.3 Å². The maximum absolute atomic E-state index is 10.8. The summed E-state index contributed by atoms with van der Waals surface area (Å²) in [4.78, 5) is 24.6. The fourth-order valence-electron chi connectivity index (χ4n) is 1.59. The molecule has 0 radical (unpaired) electrons. The first kappa shape index (κ1) is 15.4. The Labute approximate surface area is 115 Å². The molecule has 106 valence electrons. The summed E-state index contributed by atoms with van der Waals surface area (Å²) in [5.74, 6) is -0.695. The number of aliphatic carboxylic acids is 1. The monoisotopic (exact) mass is 278 g/mol. The highest BCUT2D eigenvalue weighted by atomic mass is 16.6. The fraction of sp³-hybridized carbons (Fsp3) is 0.417. The van der Waals surface area contributed by atoms with Gasteiger partial charge < -0.3 is 10.4 Å². The Balaban J connectivity index is 3.00. The molecule has 8 nitrogen and oxygen atoms in total. The maximum atomic E-state index is 10.8. The molecule has 0 aliphatic rings. The SMILES string of the molecule is CC(C)C(CC(=O)O)Nc1ccc([N+](=O)[O-])c(C#N)n1. The third-order valence-corrected chi connectivity index (χ3v) is 2.71. The molecule has 0 saturated heterocycles. The van der Waals surface area contributed by atoms with Crippen molar-refractivity contribution in [2.24, 2.45) is 5.92 Å². The van der Waals surface area contributed by atoms with Gasteiger partial charge in [-0.05, 0) is 12.0 Å². The van der Waals surface area contributed by atoms with E-state index in [9.17, 15) is 14.9 Å². The van der Waals surface area contributed by atoms with Crippen molar-refractivity contribution in [2.75, 3.05) is 5.32 Å². The number of carboxylic acid groups (broad SMARTS) is 1. The normalized spacial score (nSPS) is 11.7. The van der Waals surface area contributed by atoms with Gasteiger partial charge in [-0.25, -0.2) is 4.98 Å². The van der Waals surface area contributed by atoms with Crippen LogP contribution in [0.4, 0.5) is 11.5 Å². The van der Waals surface area contributed by atoms with Crippen LogP contribution in [0.5, 0.6) is 0 Å². The number of nitrogens with one attached hydrogen (secondary N) is 1. The number of hydrogen-bond acceptors (Lipinski definition) is 6. The number of nitro groups is 1. The molecule has 20 heavy (non-hydrogen) atoms. The minimum atomic E-state index is -0.960. The zero-order valence-electron chi connectivity index (χ0n) is 11.0. The van der Waals surface area contributed by atoms with Crippen molar-refractivity contribution >= 4 is 17.5 Å². The summed E-state index contributed by atoms with van der Waals surface area (Å²) in [6, 6.07) is 3.80. The highest BCUT2D eigenvalue weighted by molar-refractivity contribution is 5.68. The number of carboxylic acids is 1. The molecule has 0 spiro atoms. The predicted molar refractivity (Wildman–Crippen MR) is 70.1 cm³/mol. The van der Waals surface area contributed by atoms with E-state index >= 15 is 0 Å². The van der Waals surface area contributed by atoms with E-state index in [4.69, 9.17) is 10.4 Å². The van der Waals surface area contributed by atoms with Crippen LogP contribution in [-0.4, -0.2) is 27.0 Å². The van der Waals surface area contributed by atoms with Crippen molar-refractivity contribution in [1.29, 1.82) is 5.26 Å². The van der Waals surface area contributed by atoms with E-state index in [2.05, 4.69) is 10.3 Å². The summed E-state index contributed by atoms with van der Waals surface area (Å²) in [5, 5.41) is 31.2. The molecule has 0 aliphatic heterocycles. The zero-order chi connectivity index (χ0) is 15.3. The third kappa shape index (κ3) is 3.91. The number of nitriles is 1. The highest BCUT2D eigenvalue weighted by Crippen LogP contribution is 2.20. The predicted octanol–water partition coefficient (Wildman–Crippen LogP) is 1.77. The highest BCUT2D eigenvalue weighted by Gasteiger charge is 2.20. The lowest BCUT2D eigenvalue weighted by atomic mass is 10.0. The Kier molecular flexibility index (Phi) is 4.97. The van der Waals surface area contributed by atoms with Crippen molar-refractivity contribution < 1.29 is 14.8 Å². The van der Waals surface area contributed by atoms with Crippen LogP contribution in [0.15, 0.2) is 12.1 Å². The molecule has 0 aliphatic carbocycles. The lowest BCUT2D eigenvalue weighted by Crippen LogP contribution is -2.29. The molecular weight excluding hydrogens is 264 g/mol. The molecule has 1 heterocycles. The number of rotatable bonds is 6. The van der Waals surface area contributed by atoms with E-state index in [1.165, 1.54) is 12.1 Å². The second kappa shape index (κ2) is 6.47. The minimum Gasteiger partial charge on any atom is -0.481 e. The van der Waals surface area contributed by atoms with Crippen molar-refractivity contribution in [3.63, 3.8) is 0 Å². The number of anilines is 1. The van der Waals surface area contributed by atoms with Crippen LogP contribution in [0.3, 0.4) is 0 Å². The Morgan fingerprint density at radius 1 is 1.60 bits per heavy atom. The molecular formula is C12H14N4O4. The fourth-order valence-corrected chi connectivity index (χ4v) is 1.59. The quantitative estimate of drug-likeness (QED) is 0.599. The van der Waals surface area contributed by atoms with Crippen LogP contribution in [0.1, 0.15) is 26.0 Å². The molecule has 0 bridgehead atoms. The van der Waals surface area contributed by atoms with Gasteiger partial charge in [0.25, 0.3) is 0 Å².